The van der Waals surface area contributed by atoms with E-state index >= 15 is 0 Å². The number of hydrazine groups is 1. The molecule has 0 heterocycles. The third kappa shape index (κ3) is 7.17. The largest absolute Gasteiger partial charge is 0.496 e. The first-order valence-electron chi connectivity index (χ1n) is 7.97. The van der Waals surface area contributed by atoms with Gasteiger partial charge in [0.2, 0.25) is 5.91 Å². The predicted octanol–water partition coefficient (Wildman–Crippen LogP) is 1.81. The van der Waals surface area contributed by atoms with Crippen molar-refractivity contribution in [3.63, 3.8) is 0 Å². The molecular formula is C19H19N3O4S. The molecule has 8 heteroatoms. The average molecular weight is 385 g/mol. The van der Waals surface area contributed by atoms with Crippen molar-refractivity contribution in [1.29, 1.82) is 0 Å². The number of nitrogens with one attached hydrogen (secondary N) is 3. The van der Waals surface area contributed by atoms with Crippen LogP contribution in [-0.4, -0.2) is 30.6 Å². The van der Waals surface area contributed by atoms with Gasteiger partial charge in [-0.15, -0.1) is 0 Å². The lowest BCUT2D eigenvalue weighted by Gasteiger charge is -2.10. The number of ether oxygens (including phenoxy) is 2. The van der Waals surface area contributed by atoms with Crippen LogP contribution in [0.5, 0.6) is 11.5 Å². The van der Waals surface area contributed by atoms with Crippen LogP contribution in [-0.2, 0) is 9.59 Å². The fraction of sp³-hybridized carbons (Fsp3) is 0.105. The molecule has 0 aliphatic carbocycles. The second-order valence-electron chi connectivity index (χ2n) is 5.17. The van der Waals surface area contributed by atoms with Crippen molar-refractivity contribution >= 4 is 35.2 Å². The van der Waals surface area contributed by atoms with Crippen LogP contribution in [0.2, 0.25) is 0 Å². The van der Waals surface area contributed by atoms with Crippen molar-refractivity contribution in [3.05, 3.63) is 66.2 Å². The number of hydrogen-bond acceptors (Lipinski definition) is 5. The molecular weight excluding hydrogens is 366 g/mol. The average Bonchev–Trinajstić information content (AvgIpc) is 2.70. The first-order chi connectivity index (χ1) is 13.1. The zero-order chi connectivity index (χ0) is 19.5. The van der Waals surface area contributed by atoms with Crippen molar-refractivity contribution in [3.8, 4) is 11.5 Å². The van der Waals surface area contributed by atoms with Gasteiger partial charge in [-0.25, -0.2) is 0 Å². The van der Waals surface area contributed by atoms with E-state index in [2.05, 4.69) is 16.2 Å². The Kier molecular flexibility index (Phi) is 7.80. The molecule has 0 saturated carbocycles. The van der Waals surface area contributed by atoms with Crippen LogP contribution in [0.15, 0.2) is 60.7 Å². The maximum atomic E-state index is 11.9. The van der Waals surface area contributed by atoms with Crippen LogP contribution in [0, 0.1) is 0 Å². The maximum Gasteiger partial charge on any atom is 0.276 e. The fourth-order valence-corrected chi connectivity index (χ4v) is 2.13. The van der Waals surface area contributed by atoms with Gasteiger partial charge in [-0.1, -0.05) is 36.4 Å². The van der Waals surface area contributed by atoms with E-state index in [0.717, 1.165) is 5.56 Å². The summed E-state index contributed by atoms with van der Waals surface area (Å²) in [5.74, 6) is 0.325. The molecule has 2 amide bonds. The molecule has 2 aromatic carbocycles. The SMILES string of the molecule is COc1ccccc1C=CC(=O)NC(=S)NNC(=O)COc1ccccc1. The monoisotopic (exact) mass is 385 g/mol. The number of methoxy groups -OCH3 is 1. The number of amides is 2. The smallest absolute Gasteiger partial charge is 0.276 e. The first-order valence-corrected chi connectivity index (χ1v) is 8.38. The first kappa shape index (κ1) is 19.9. The van der Waals surface area contributed by atoms with Gasteiger partial charge in [-0.2, -0.15) is 0 Å². The Morgan fingerprint density at radius 1 is 1.04 bits per heavy atom. The minimum absolute atomic E-state index is 0.0438. The van der Waals surface area contributed by atoms with E-state index < -0.39 is 11.8 Å². The lowest BCUT2D eigenvalue weighted by Crippen LogP contribution is -2.49. The molecule has 140 valence electrons. The van der Waals surface area contributed by atoms with E-state index in [0.29, 0.717) is 11.5 Å². The molecule has 3 N–H and O–H groups in total. The van der Waals surface area contributed by atoms with Gasteiger partial charge in [0.15, 0.2) is 11.7 Å². The number of carbonyl (C=O) groups excluding carboxylic acids is 2. The quantitative estimate of drug-likeness (QED) is 0.399. The molecule has 7 nitrogen and oxygen atoms in total. The minimum atomic E-state index is -0.451. The number of para-hydroxylation sites is 2. The minimum Gasteiger partial charge on any atom is -0.496 e. The maximum absolute atomic E-state index is 11.9. The number of thiocarbonyl (C=S) groups is 1. The van der Waals surface area contributed by atoms with Crippen LogP contribution in [0.25, 0.3) is 6.08 Å². The molecule has 0 aromatic heterocycles. The van der Waals surface area contributed by atoms with Gasteiger partial charge >= 0.3 is 0 Å². The standard InChI is InChI=1S/C19H19N3O4S/c1-25-16-10-6-5-7-14(16)11-12-17(23)20-19(27)22-21-18(24)13-26-15-8-3-2-4-9-15/h2-12H,13H2,1H3,(H,21,24)(H2,20,22,23,27). The van der Waals surface area contributed by atoms with Crippen LogP contribution < -0.4 is 25.6 Å². The molecule has 0 radical (unpaired) electrons. The lowest BCUT2D eigenvalue weighted by molar-refractivity contribution is -0.123. The molecule has 0 atom stereocenters. The molecule has 0 fully saturated rings. The Labute approximate surface area is 162 Å². The van der Waals surface area contributed by atoms with Gasteiger partial charge in [0.25, 0.3) is 5.91 Å². The summed E-state index contributed by atoms with van der Waals surface area (Å²) >= 11 is 4.95. The molecule has 2 rings (SSSR count). The third-order valence-corrected chi connectivity index (χ3v) is 3.42. The van der Waals surface area contributed by atoms with E-state index in [-0.39, 0.29) is 11.7 Å². The van der Waals surface area contributed by atoms with Gasteiger partial charge < -0.3 is 9.47 Å². The van der Waals surface area contributed by atoms with Gasteiger partial charge in [-0.3, -0.25) is 25.8 Å². The molecule has 2 aromatic rings. The van der Waals surface area contributed by atoms with Crippen LogP contribution in [0.3, 0.4) is 0 Å². The highest BCUT2D eigenvalue weighted by Crippen LogP contribution is 2.18. The van der Waals surface area contributed by atoms with Crippen LogP contribution in [0.1, 0.15) is 5.56 Å². The van der Waals surface area contributed by atoms with E-state index in [1.54, 1.807) is 43.5 Å². The highest BCUT2D eigenvalue weighted by atomic mass is 32.1. The van der Waals surface area contributed by atoms with E-state index in [1.165, 1.54) is 6.08 Å². The van der Waals surface area contributed by atoms with Gasteiger partial charge in [-0.05, 0) is 36.5 Å². The number of carbonyl (C=O) groups is 2. The fourth-order valence-electron chi connectivity index (χ4n) is 1.98. The Morgan fingerprint density at radius 2 is 1.74 bits per heavy atom. The molecule has 0 saturated heterocycles. The van der Waals surface area contributed by atoms with Crippen molar-refractivity contribution in [2.75, 3.05) is 13.7 Å². The summed E-state index contributed by atoms with van der Waals surface area (Å²) in [6.07, 6.45) is 2.91. The van der Waals surface area contributed by atoms with Crippen molar-refractivity contribution in [2.45, 2.75) is 0 Å². The summed E-state index contributed by atoms with van der Waals surface area (Å²) in [5, 5.41) is 2.37. The summed E-state index contributed by atoms with van der Waals surface area (Å²) in [6, 6.07) is 16.2. The summed E-state index contributed by atoms with van der Waals surface area (Å²) in [6.45, 7) is -0.193. The summed E-state index contributed by atoms with van der Waals surface area (Å²) in [7, 11) is 1.55. The normalized spacial score (nSPS) is 10.1. The number of benzene rings is 2. The summed E-state index contributed by atoms with van der Waals surface area (Å²) < 4.78 is 10.5. The lowest BCUT2D eigenvalue weighted by atomic mass is 10.2. The highest BCUT2D eigenvalue weighted by Gasteiger charge is 2.05. The Balaban J connectivity index is 1.72. The van der Waals surface area contributed by atoms with E-state index in [4.69, 9.17) is 21.7 Å². The second kappa shape index (κ2) is 10.6. The Morgan fingerprint density at radius 3 is 2.48 bits per heavy atom. The number of rotatable bonds is 6. The zero-order valence-corrected chi connectivity index (χ0v) is 15.4. The van der Waals surface area contributed by atoms with Crippen molar-refractivity contribution < 1.29 is 19.1 Å². The van der Waals surface area contributed by atoms with E-state index in [1.807, 2.05) is 24.3 Å². The van der Waals surface area contributed by atoms with Crippen LogP contribution >= 0.6 is 12.2 Å². The van der Waals surface area contributed by atoms with Crippen LogP contribution in [0.4, 0.5) is 0 Å². The molecule has 0 aliphatic rings. The van der Waals surface area contributed by atoms with Crippen molar-refractivity contribution in [2.24, 2.45) is 0 Å². The Hall–Kier alpha value is -3.39. The molecule has 0 spiro atoms. The molecule has 0 bridgehead atoms. The van der Waals surface area contributed by atoms with Gasteiger partial charge in [0.05, 0.1) is 7.11 Å². The van der Waals surface area contributed by atoms with Gasteiger partial charge in [0, 0.05) is 11.6 Å². The summed E-state index contributed by atoms with van der Waals surface area (Å²) in [5.41, 5.74) is 5.52. The zero-order valence-electron chi connectivity index (χ0n) is 14.6. The predicted molar refractivity (Wildman–Crippen MR) is 106 cm³/mol. The molecule has 0 aliphatic heterocycles. The molecule has 0 unspecified atom stereocenters. The third-order valence-electron chi connectivity index (χ3n) is 3.22. The summed E-state index contributed by atoms with van der Waals surface area (Å²) in [4.78, 5) is 23.6. The van der Waals surface area contributed by atoms with E-state index in [9.17, 15) is 9.59 Å². The van der Waals surface area contributed by atoms with Crippen molar-refractivity contribution in [1.82, 2.24) is 16.2 Å². The van der Waals surface area contributed by atoms with Gasteiger partial charge in [0.1, 0.15) is 11.5 Å². The Bertz CT molecular complexity index is 825. The topological polar surface area (TPSA) is 88.7 Å². The second-order valence-corrected chi connectivity index (χ2v) is 5.58. The molecule has 27 heavy (non-hydrogen) atoms. The highest BCUT2D eigenvalue weighted by molar-refractivity contribution is 7.80. The number of hydrogen-bond donors (Lipinski definition) is 3.